The summed E-state index contributed by atoms with van der Waals surface area (Å²) >= 11 is 0. The monoisotopic (exact) mass is 702 g/mol. The number of nitrogens with zero attached hydrogens (tertiary/aromatic N) is 2. The van der Waals surface area contributed by atoms with Gasteiger partial charge in [-0.2, -0.15) is 0 Å². The van der Waals surface area contributed by atoms with Crippen LogP contribution in [-0.2, 0) is 0 Å². The molecule has 0 fully saturated rings. The zero-order chi connectivity index (χ0) is 36.3. The van der Waals surface area contributed by atoms with Crippen LogP contribution in [0.15, 0.2) is 193 Å². The number of benzene rings is 8. The van der Waals surface area contributed by atoms with E-state index >= 15 is 0 Å². The van der Waals surface area contributed by atoms with E-state index in [9.17, 15) is 0 Å². The summed E-state index contributed by atoms with van der Waals surface area (Å²) in [6.07, 6.45) is 9.73. The molecule has 10 aromatic rings. The summed E-state index contributed by atoms with van der Waals surface area (Å²) in [6, 6.07) is 58.6. The molecule has 2 aromatic heterocycles. The molecule has 3 nitrogen and oxygen atoms in total. The number of hydrogen-bond donors (Lipinski definition) is 0. The van der Waals surface area contributed by atoms with Crippen molar-refractivity contribution in [3.05, 3.63) is 194 Å². The van der Waals surface area contributed by atoms with Crippen molar-refractivity contribution in [3.63, 3.8) is 0 Å². The van der Waals surface area contributed by atoms with Crippen molar-refractivity contribution in [1.82, 2.24) is 9.97 Å². The van der Waals surface area contributed by atoms with Crippen molar-refractivity contribution < 1.29 is 4.42 Å². The van der Waals surface area contributed by atoms with Gasteiger partial charge in [0.05, 0.1) is 0 Å². The summed E-state index contributed by atoms with van der Waals surface area (Å²) in [5.41, 5.74) is 10.9. The lowest BCUT2D eigenvalue weighted by molar-refractivity contribution is 0.667. The molecule has 8 aromatic carbocycles. The zero-order valence-electron chi connectivity index (χ0n) is 30.0. The van der Waals surface area contributed by atoms with E-state index in [4.69, 9.17) is 14.4 Å². The van der Waals surface area contributed by atoms with E-state index in [2.05, 4.69) is 182 Å². The van der Waals surface area contributed by atoms with E-state index in [1.54, 1.807) is 0 Å². The Morgan fingerprint density at radius 3 is 1.80 bits per heavy atom. The largest absolute Gasteiger partial charge is 0.452 e. The third-order valence-electron chi connectivity index (χ3n) is 11.2. The van der Waals surface area contributed by atoms with Crippen molar-refractivity contribution in [2.45, 2.75) is 12.3 Å². The van der Waals surface area contributed by atoms with Crippen LogP contribution in [0.5, 0.6) is 0 Å². The molecule has 0 amide bonds. The van der Waals surface area contributed by atoms with E-state index in [1.165, 1.54) is 43.4 Å². The molecule has 2 heterocycles. The number of allylic oxidation sites excluding steroid dienone is 4. The maximum absolute atomic E-state index is 6.68. The highest BCUT2D eigenvalue weighted by molar-refractivity contribution is 6.25. The minimum Gasteiger partial charge on any atom is -0.452 e. The molecule has 55 heavy (non-hydrogen) atoms. The second-order valence-corrected chi connectivity index (χ2v) is 14.5. The van der Waals surface area contributed by atoms with E-state index < -0.39 is 0 Å². The maximum atomic E-state index is 6.68. The van der Waals surface area contributed by atoms with Crippen molar-refractivity contribution in [2.24, 2.45) is 0 Å². The quantitative estimate of drug-likeness (QED) is 0.168. The smallest absolute Gasteiger partial charge is 0.180 e. The number of fused-ring (bicyclic) bond motifs is 9. The molecule has 1 aliphatic rings. The fraction of sp³-hybridized carbons (Fsp3) is 0.0385. The van der Waals surface area contributed by atoms with Gasteiger partial charge in [-0.15, -0.1) is 0 Å². The molecule has 0 bridgehead atoms. The average molecular weight is 703 g/mol. The van der Waals surface area contributed by atoms with Gasteiger partial charge < -0.3 is 4.42 Å². The lowest BCUT2D eigenvalue weighted by Crippen LogP contribution is -1.96. The van der Waals surface area contributed by atoms with Crippen LogP contribution in [0.2, 0.25) is 0 Å². The lowest BCUT2D eigenvalue weighted by atomic mass is 9.91. The van der Waals surface area contributed by atoms with E-state index in [0.717, 1.165) is 56.4 Å². The van der Waals surface area contributed by atoms with Crippen molar-refractivity contribution in [2.75, 3.05) is 0 Å². The van der Waals surface area contributed by atoms with Crippen LogP contribution in [0.25, 0.3) is 99.3 Å². The minimum absolute atomic E-state index is 0.319. The third kappa shape index (κ3) is 5.35. The van der Waals surface area contributed by atoms with Gasteiger partial charge in [-0.05, 0) is 90.8 Å². The first kappa shape index (κ1) is 31.4. The normalized spacial score (nSPS) is 14.1. The molecule has 1 unspecified atom stereocenters. The second kappa shape index (κ2) is 12.8. The summed E-state index contributed by atoms with van der Waals surface area (Å²) in [6.45, 7) is 0. The van der Waals surface area contributed by atoms with Crippen LogP contribution >= 0.6 is 0 Å². The van der Waals surface area contributed by atoms with Gasteiger partial charge in [0.2, 0.25) is 0 Å². The fourth-order valence-corrected chi connectivity index (χ4v) is 8.42. The molecule has 258 valence electrons. The van der Waals surface area contributed by atoms with Crippen molar-refractivity contribution >= 4 is 54.4 Å². The molecule has 1 atom stereocenters. The maximum Gasteiger partial charge on any atom is 0.180 e. The van der Waals surface area contributed by atoms with Crippen LogP contribution in [0, 0.1) is 0 Å². The van der Waals surface area contributed by atoms with Crippen LogP contribution in [0.4, 0.5) is 0 Å². The highest BCUT2D eigenvalue weighted by Crippen LogP contribution is 2.41. The molecule has 0 saturated heterocycles. The SMILES string of the molecule is C1=CCC(c2ccc3oc4c(-c5cccc(-c6ccc7c8ccccc8c8ccccc8c7c6)c5)nc(-c5ccc(-c6ccccc6)cc5)nc4c3c2)C=C1. The summed E-state index contributed by atoms with van der Waals surface area (Å²) in [5.74, 6) is 0.990. The topological polar surface area (TPSA) is 38.9 Å². The Balaban J connectivity index is 1.09. The van der Waals surface area contributed by atoms with Crippen LogP contribution in [0.1, 0.15) is 17.9 Å². The Bertz CT molecular complexity index is 3140. The number of rotatable bonds is 5. The summed E-state index contributed by atoms with van der Waals surface area (Å²) in [7, 11) is 0. The first-order chi connectivity index (χ1) is 27.2. The van der Waals surface area contributed by atoms with Crippen LogP contribution in [0.3, 0.4) is 0 Å². The first-order valence-electron chi connectivity index (χ1n) is 18.9. The molecular weight excluding hydrogens is 669 g/mol. The predicted molar refractivity (Wildman–Crippen MR) is 229 cm³/mol. The van der Waals surface area contributed by atoms with Crippen LogP contribution < -0.4 is 0 Å². The number of furan rings is 1. The Morgan fingerprint density at radius 1 is 0.436 bits per heavy atom. The number of hydrogen-bond acceptors (Lipinski definition) is 3. The van der Waals surface area contributed by atoms with Gasteiger partial charge in [0.25, 0.3) is 0 Å². The third-order valence-corrected chi connectivity index (χ3v) is 11.2. The van der Waals surface area contributed by atoms with E-state index in [1.807, 2.05) is 6.07 Å². The standard InChI is InChI=1S/C52H34N2O/c1-3-12-33(13-4-1)35-22-24-36(25-23-35)52-53-49(51-50(54-52)47-32-38(27-29-48(47)55-51)34-14-5-2-6-15-34)40-17-11-16-37(30-40)39-26-28-45-43-20-8-7-18-41(43)42-19-9-10-21-44(42)46(45)31-39/h1-14,16-32,34H,15H2. The predicted octanol–water partition coefficient (Wildman–Crippen LogP) is 14.1. The van der Waals surface area contributed by atoms with Crippen molar-refractivity contribution in [1.29, 1.82) is 0 Å². The summed E-state index contributed by atoms with van der Waals surface area (Å²) in [5, 5.41) is 8.60. The molecule has 0 aliphatic heterocycles. The Kier molecular flexibility index (Phi) is 7.31. The highest BCUT2D eigenvalue weighted by Gasteiger charge is 2.21. The lowest BCUT2D eigenvalue weighted by Gasteiger charge is -2.13. The van der Waals surface area contributed by atoms with E-state index in [-0.39, 0.29) is 0 Å². The minimum atomic E-state index is 0.319. The van der Waals surface area contributed by atoms with Crippen LogP contribution in [-0.4, -0.2) is 9.97 Å². The molecule has 0 saturated carbocycles. The van der Waals surface area contributed by atoms with Gasteiger partial charge in [0, 0.05) is 22.4 Å². The Labute approximate surface area is 318 Å². The van der Waals surface area contributed by atoms with Crippen molar-refractivity contribution in [3.8, 4) is 44.9 Å². The zero-order valence-corrected chi connectivity index (χ0v) is 30.0. The molecule has 1 aliphatic carbocycles. The average Bonchev–Trinajstić information content (AvgIpc) is 3.65. The second-order valence-electron chi connectivity index (χ2n) is 14.5. The molecule has 0 radical (unpaired) electrons. The molecule has 11 rings (SSSR count). The molecule has 0 N–H and O–H groups in total. The number of aromatic nitrogens is 2. The Morgan fingerprint density at radius 2 is 1.05 bits per heavy atom. The van der Waals surface area contributed by atoms with Gasteiger partial charge in [0.15, 0.2) is 11.4 Å². The molecule has 3 heteroatoms. The molecule has 0 spiro atoms. The summed E-state index contributed by atoms with van der Waals surface area (Å²) in [4.78, 5) is 10.5. The van der Waals surface area contributed by atoms with Gasteiger partial charge in [-0.3, -0.25) is 0 Å². The summed E-state index contributed by atoms with van der Waals surface area (Å²) < 4.78 is 6.68. The Hall–Kier alpha value is -7.10. The van der Waals surface area contributed by atoms with Gasteiger partial charge in [-0.1, -0.05) is 164 Å². The first-order valence-corrected chi connectivity index (χ1v) is 18.9. The fourth-order valence-electron chi connectivity index (χ4n) is 8.42. The van der Waals surface area contributed by atoms with E-state index in [0.29, 0.717) is 17.3 Å². The van der Waals surface area contributed by atoms with Gasteiger partial charge >= 0.3 is 0 Å². The molecular formula is C52H34N2O. The van der Waals surface area contributed by atoms with Gasteiger partial charge in [0.1, 0.15) is 16.8 Å². The highest BCUT2D eigenvalue weighted by atomic mass is 16.3. The van der Waals surface area contributed by atoms with Gasteiger partial charge in [-0.25, -0.2) is 9.97 Å².